The van der Waals surface area contributed by atoms with Gasteiger partial charge in [0.15, 0.2) is 0 Å². The van der Waals surface area contributed by atoms with E-state index in [9.17, 15) is 4.79 Å². The summed E-state index contributed by atoms with van der Waals surface area (Å²) < 4.78 is 10.9. The van der Waals surface area contributed by atoms with Crippen molar-refractivity contribution < 1.29 is 14.3 Å². The quantitative estimate of drug-likeness (QED) is 0.711. The van der Waals surface area contributed by atoms with Crippen LogP contribution in [0.2, 0.25) is 0 Å². The summed E-state index contributed by atoms with van der Waals surface area (Å²) >= 11 is 0. The normalized spacial score (nSPS) is 32.9. The molecule has 0 saturated carbocycles. The van der Waals surface area contributed by atoms with E-state index in [0.717, 1.165) is 19.4 Å². The van der Waals surface area contributed by atoms with Crippen LogP contribution in [0.15, 0.2) is 0 Å². The molecule has 0 radical (unpaired) electrons. The average molecular weight is 256 g/mol. The highest BCUT2D eigenvalue weighted by molar-refractivity contribution is 5.68. The van der Waals surface area contributed by atoms with E-state index in [1.807, 2.05) is 20.8 Å². The SMILES string of the molecule is CC(C)(C)OC(=O)N1CCC2(COCC(N)C2)C1. The number of amides is 1. The first-order valence-corrected chi connectivity index (χ1v) is 6.61. The van der Waals surface area contributed by atoms with Crippen LogP contribution in [0.4, 0.5) is 4.79 Å². The van der Waals surface area contributed by atoms with Gasteiger partial charge in [-0.15, -0.1) is 0 Å². The topological polar surface area (TPSA) is 64.8 Å². The van der Waals surface area contributed by atoms with E-state index in [0.29, 0.717) is 19.8 Å². The largest absolute Gasteiger partial charge is 0.444 e. The second-order valence-corrected chi connectivity index (χ2v) is 6.63. The maximum atomic E-state index is 12.0. The Morgan fingerprint density at radius 2 is 2.22 bits per heavy atom. The van der Waals surface area contributed by atoms with Crippen molar-refractivity contribution in [3.05, 3.63) is 0 Å². The monoisotopic (exact) mass is 256 g/mol. The Morgan fingerprint density at radius 1 is 1.50 bits per heavy atom. The molecule has 104 valence electrons. The lowest BCUT2D eigenvalue weighted by Crippen LogP contribution is -2.45. The van der Waals surface area contributed by atoms with Crippen molar-refractivity contribution in [1.82, 2.24) is 4.90 Å². The van der Waals surface area contributed by atoms with Crippen molar-refractivity contribution in [3.8, 4) is 0 Å². The molecule has 0 aromatic carbocycles. The maximum Gasteiger partial charge on any atom is 0.410 e. The van der Waals surface area contributed by atoms with Crippen LogP contribution in [0.25, 0.3) is 0 Å². The minimum atomic E-state index is -0.438. The number of carbonyl (C=O) groups is 1. The van der Waals surface area contributed by atoms with Crippen LogP contribution in [0.5, 0.6) is 0 Å². The molecule has 2 fully saturated rings. The van der Waals surface area contributed by atoms with Gasteiger partial charge >= 0.3 is 6.09 Å². The van der Waals surface area contributed by atoms with Crippen molar-refractivity contribution in [2.45, 2.75) is 45.3 Å². The van der Waals surface area contributed by atoms with E-state index in [1.165, 1.54) is 0 Å². The fourth-order valence-corrected chi connectivity index (χ4v) is 2.80. The van der Waals surface area contributed by atoms with E-state index < -0.39 is 5.60 Å². The summed E-state index contributed by atoms with van der Waals surface area (Å²) in [5.41, 5.74) is 5.56. The van der Waals surface area contributed by atoms with Crippen molar-refractivity contribution in [2.24, 2.45) is 11.1 Å². The number of ether oxygens (including phenoxy) is 2. The minimum absolute atomic E-state index is 0.0502. The van der Waals surface area contributed by atoms with Crippen molar-refractivity contribution >= 4 is 6.09 Å². The molecule has 0 aliphatic carbocycles. The minimum Gasteiger partial charge on any atom is -0.444 e. The third-order valence-corrected chi connectivity index (χ3v) is 3.53. The molecule has 2 N–H and O–H groups in total. The molecule has 2 unspecified atom stereocenters. The van der Waals surface area contributed by atoms with E-state index in [4.69, 9.17) is 15.2 Å². The van der Waals surface area contributed by atoms with E-state index in [-0.39, 0.29) is 17.6 Å². The first-order chi connectivity index (χ1) is 8.30. The molecule has 2 saturated heterocycles. The van der Waals surface area contributed by atoms with Crippen molar-refractivity contribution in [3.63, 3.8) is 0 Å². The molecule has 2 aliphatic rings. The molecule has 1 amide bonds. The first kappa shape index (κ1) is 13.6. The molecule has 0 aromatic rings. The van der Waals surface area contributed by atoms with Gasteiger partial charge in [0.1, 0.15) is 5.60 Å². The van der Waals surface area contributed by atoms with Gasteiger partial charge in [-0.1, -0.05) is 0 Å². The van der Waals surface area contributed by atoms with Crippen LogP contribution in [-0.4, -0.2) is 48.9 Å². The Balaban J connectivity index is 1.93. The Kier molecular flexibility index (Phi) is 3.56. The van der Waals surface area contributed by atoms with Crippen LogP contribution >= 0.6 is 0 Å². The Morgan fingerprint density at radius 3 is 2.83 bits per heavy atom. The highest BCUT2D eigenvalue weighted by Crippen LogP contribution is 2.38. The second-order valence-electron chi connectivity index (χ2n) is 6.63. The molecular formula is C13H24N2O3. The molecule has 2 atom stereocenters. The molecule has 2 aliphatic heterocycles. The number of hydrogen-bond acceptors (Lipinski definition) is 4. The summed E-state index contributed by atoms with van der Waals surface area (Å²) in [6, 6.07) is 0.0948. The van der Waals surface area contributed by atoms with E-state index in [2.05, 4.69) is 0 Å². The third-order valence-electron chi connectivity index (χ3n) is 3.53. The van der Waals surface area contributed by atoms with Gasteiger partial charge in [0.25, 0.3) is 0 Å². The molecule has 5 heteroatoms. The van der Waals surface area contributed by atoms with Gasteiger partial charge in [-0.05, 0) is 33.6 Å². The van der Waals surface area contributed by atoms with Gasteiger partial charge in [0.2, 0.25) is 0 Å². The zero-order valence-corrected chi connectivity index (χ0v) is 11.6. The average Bonchev–Trinajstić information content (AvgIpc) is 2.59. The van der Waals surface area contributed by atoms with Gasteiger partial charge in [-0.3, -0.25) is 0 Å². The highest BCUT2D eigenvalue weighted by Gasteiger charge is 2.44. The van der Waals surface area contributed by atoms with Crippen LogP contribution in [-0.2, 0) is 9.47 Å². The lowest BCUT2D eigenvalue weighted by atomic mass is 9.80. The predicted octanol–water partition coefficient (Wildman–Crippen LogP) is 1.36. The van der Waals surface area contributed by atoms with Gasteiger partial charge in [0.05, 0.1) is 13.2 Å². The van der Waals surface area contributed by atoms with Gasteiger partial charge in [-0.2, -0.15) is 0 Å². The maximum absolute atomic E-state index is 12.0. The van der Waals surface area contributed by atoms with E-state index >= 15 is 0 Å². The predicted molar refractivity (Wildman–Crippen MR) is 68.3 cm³/mol. The van der Waals surface area contributed by atoms with E-state index in [1.54, 1.807) is 4.90 Å². The molecule has 0 aromatic heterocycles. The van der Waals surface area contributed by atoms with Crippen LogP contribution < -0.4 is 5.73 Å². The molecule has 2 rings (SSSR count). The molecule has 2 heterocycles. The Bertz CT molecular complexity index is 327. The van der Waals surface area contributed by atoms with Gasteiger partial charge < -0.3 is 20.1 Å². The molecule has 18 heavy (non-hydrogen) atoms. The Labute approximate surface area is 109 Å². The number of nitrogens with two attached hydrogens (primary N) is 1. The fourth-order valence-electron chi connectivity index (χ4n) is 2.80. The number of carbonyl (C=O) groups excluding carboxylic acids is 1. The lowest BCUT2D eigenvalue weighted by molar-refractivity contribution is -0.0174. The smallest absolute Gasteiger partial charge is 0.410 e. The van der Waals surface area contributed by atoms with Crippen LogP contribution in [0.3, 0.4) is 0 Å². The zero-order chi connectivity index (χ0) is 13.4. The number of nitrogens with zero attached hydrogens (tertiary/aromatic N) is 1. The summed E-state index contributed by atoms with van der Waals surface area (Å²) in [7, 11) is 0. The molecule has 1 spiro atoms. The summed E-state index contributed by atoms with van der Waals surface area (Å²) in [4.78, 5) is 13.8. The fraction of sp³-hybridized carbons (Fsp3) is 0.923. The van der Waals surface area contributed by atoms with Gasteiger partial charge in [0, 0.05) is 24.5 Å². The first-order valence-electron chi connectivity index (χ1n) is 6.61. The second kappa shape index (κ2) is 4.70. The summed E-state index contributed by atoms with van der Waals surface area (Å²) in [5.74, 6) is 0. The molecule has 0 bridgehead atoms. The summed E-state index contributed by atoms with van der Waals surface area (Å²) in [6.07, 6.45) is 1.67. The van der Waals surface area contributed by atoms with Gasteiger partial charge in [-0.25, -0.2) is 4.79 Å². The number of hydrogen-bond donors (Lipinski definition) is 1. The standard InChI is InChI=1S/C13H24N2O3/c1-12(2,3)18-11(16)15-5-4-13(8-15)6-10(14)7-17-9-13/h10H,4-9,14H2,1-3H3. The summed E-state index contributed by atoms with van der Waals surface area (Å²) in [5, 5.41) is 0. The lowest BCUT2D eigenvalue weighted by Gasteiger charge is -2.36. The van der Waals surface area contributed by atoms with Crippen LogP contribution in [0.1, 0.15) is 33.6 Å². The van der Waals surface area contributed by atoms with Crippen molar-refractivity contribution in [1.29, 1.82) is 0 Å². The summed E-state index contributed by atoms with van der Waals surface area (Å²) in [6.45, 7) is 8.44. The third kappa shape index (κ3) is 3.14. The van der Waals surface area contributed by atoms with Crippen LogP contribution in [0, 0.1) is 5.41 Å². The number of likely N-dealkylation sites (tertiary alicyclic amines) is 1. The zero-order valence-electron chi connectivity index (χ0n) is 11.6. The number of rotatable bonds is 0. The van der Waals surface area contributed by atoms with Crippen molar-refractivity contribution in [2.75, 3.05) is 26.3 Å². The molecular weight excluding hydrogens is 232 g/mol. The Hall–Kier alpha value is -0.810. The highest BCUT2D eigenvalue weighted by atomic mass is 16.6. The molecule has 5 nitrogen and oxygen atoms in total.